The van der Waals surface area contributed by atoms with Crippen molar-refractivity contribution in [3.05, 3.63) is 36.0 Å². The molecule has 4 rings (SSSR count). The fourth-order valence-electron chi connectivity index (χ4n) is 4.78. The number of hydrogen-bond acceptors (Lipinski definition) is 4. The van der Waals surface area contributed by atoms with Gasteiger partial charge in [0.05, 0.1) is 12.7 Å². The van der Waals surface area contributed by atoms with Crippen LogP contribution in [0.15, 0.2) is 30.5 Å². The zero-order valence-electron chi connectivity index (χ0n) is 16.4. The fraction of sp³-hybridized carbons (Fsp3) is 0.591. The van der Waals surface area contributed by atoms with Crippen molar-refractivity contribution < 1.29 is 9.53 Å². The largest absolute Gasteiger partial charge is 0.465 e. The average Bonchev–Trinajstić information content (AvgIpc) is 3.37. The molecule has 0 amide bonds. The first kappa shape index (κ1) is 18.5. The van der Waals surface area contributed by atoms with Gasteiger partial charge in [0.1, 0.15) is 0 Å². The number of ether oxygens (including phenoxy) is 1. The predicted molar refractivity (Wildman–Crippen MR) is 108 cm³/mol. The molecule has 2 aliphatic rings. The Kier molecular flexibility index (Phi) is 5.79. The van der Waals surface area contributed by atoms with Gasteiger partial charge in [-0.25, -0.2) is 4.79 Å². The Labute approximate surface area is 161 Å². The lowest BCUT2D eigenvalue weighted by Crippen LogP contribution is -2.44. The molecule has 3 heterocycles. The van der Waals surface area contributed by atoms with Crippen molar-refractivity contribution in [1.82, 2.24) is 14.4 Å². The van der Waals surface area contributed by atoms with Gasteiger partial charge in [0.25, 0.3) is 0 Å². The van der Waals surface area contributed by atoms with Crippen molar-refractivity contribution in [2.75, 3.05) is 39.8 Å². The summed E-state index contributed by atoms with van der Waals surface area (Å²) in [5.41, 5.74) is 1.78. The van der Waals surface area contributed by atoms with E-state index in [0.29, 0.717) is 5.56 Å². The number of nitrogens with zero attached hydrogens (tertiary/aromatic N) is 3. The maximum atomic E-state index is 12.1. The lowest BCUT2D eigenvalue weighted by molar-refractivity contribution is 0.0602. The smallest absolute Gasteiger partial charge is 0.340 e. The first-order valence-electron chi connectivity index (χ1n) is 10.4. The third-order valence-electron chi connectivity index (χ3n) is 6.28. The van der Waals surface area contributed by atoms with Crippen LogP contribution in [0.4, 0.5) is 0 Å². The summed E-state index contributed by atoms with van der Waals surface area (Å²) in [5, 5.41) is 0.982. The second-order valence-electron chi connectivity index (χ2n) is 7.91. The summed E-state index contributed by atoms with van der Waals surface area (Å²) in [7, 11) is 1.44. The van der Waals surface area contributed by atoms with E-state index in [-0.39, 0.29) is 5.97 Å². The molecule has 1 aromatic carbocycles. The number of likely N-dealkylation sites (tertiary alicyclic amines) is 2. The number of methoxy groups -OCH3 is 1. The third-order valence-corrected chi connectivity index (χ3v) is 6.28. The molecule has 2 aliphatic heterocycles. The number of esters is 1. The standard InChI is InChI=1S/C22H31N3O2/c1-27-22(26)20-17-25(21-8-3-2-7-19(20)21)14-6-11-23-15-9-18(10-16-23)24-12-4-5-13-24/h2-3,7-8,17-18H,4-6,9-16H2,1H3. The first-order chi connectivity index (χ1) is 13.3. The number of benzene rings is 1. The van der Waals surface area contributed by atoms with E-state index >= 15 is 0 Å². The summed E-state index contributed by atoms with van der Waals surface area (Å²) < 4.78 is 7.15. The molecule has 27 heavy (non-hydrogen) atoms. The Morgan fingerprint density at radius 2 is 1.81 bits per heavy atom. The van der Waals surface area contributed by atoms with Crippen LogP contribution in [-0.2, 0) is 11.3 Å². The van der Waals surface area contributed by atoms with Gasteiger partial charge in [-0.3, -0.25) is 0 Å². The molecule has 2 aromatic rings. The molecule has 2 saturated heterocycles. The molecule has 0 aliphatic carbocycles. The van der Waals surface area contributed by atoms with Crippen LogP contribution in [0, 0.1) is 0 Å². The van der Waals surface area contributed by atoms with E-state index in [1.54, 1.807) is 0 Å². The van der Waals surface area contributed by atoms with Crippen LogP contribution in [0.2, 0.25) is 0 Å². The van der Waals surface area contributed by atoms with Crippen LogP contribution in [0.3, 0.4) is 0 Å². The number of para-hydroxylation sites is 1. The van der Waals surface area contributed by atoms with Crippen molar-refractivity contribution in [1.29, 1.82) is 0 Å². The quantitative estimate of drug-likeness (QED) is 0.732. The molecule has 0 bridgehead atoms. The summed E-state index contributed by atoms with van der Waals surface area (Å²) >= 11 is 0. The minimum absolute atomic E-state index is 0.256. The highest BCUT2D eigenvalue weighted by Crippen LogP contribution is 2.23. The van der Waals surface area contributed by atoms with E-state index in [0.717, 1.165) is 36.5 Å². The van der Waals surface area contributed by atoms with Gasteiger partial charge in [-0.2, -0.15) is 0 Å². The number of carbonyl (C=O) groups excluding carboxylic acids is 1. The van der Waals surface area contributed by atoms with Gasteiger partial charge in [-0.05, 0) is 70.9 Å². The Hall–Kier alpha value is -1.85. The summed E-state index contributed by atoms with van der Waals surface area (Å²) in [6.45, 7) is 7.14. The molecule has 0 spiro atoms. The zero-order chi connectivity index (χ0) is 18.6. The summed E-state index contributed by atoms with van der Waals surface area (Å²) in [5.74, 6) is -0.256. The van der Waals surface area contributed by atoms with E-state index in [1.165, 1.54) is 59.0 Å². The SMILES string of the molecule is COC(=O)c1cn(CCCN2CCC(N3CCCC3)CC2)c2ccccc12. The number of aryl methyl sites for hydroxylation is 1. The number of carbonyl (C=O) groups is 1. The molecule has 5 heteroatoms. The molecular formula is C22H31N3O2. The average molecular weight is 370 g/mol. The lowest BCUT2D eigenvalue weighted by Gasteiger charge is -2.36. The summed E-state index contributed by atoms with van der Waals surface area (Å²) in [4.78, 5) is 17.4. The maximum Gasteiger partial charge on any atom is 0.340 e. The monoisotopic (exact) mass is 369 g/mol. The highest BCUT2D eigenvalue weighted by molar-refractivity contribution is 6.04. The molecule has 0 atom stereocenters. The highest BCUT2D eigenvalue weighted by Gasteiger charge is 2.26. The van der Waals surface area contributed by atoms with Crippen LogP contribution in [0.5, 0.6) is 0 Å². The molecule has 0 radical (unpaired) electrons. The summed E-state index contributed by atoms with van der Waals surface area (Å²) in [6, 6.07) is 8.91. The molecule has 0 unspecified atom stereocenters. The van der Waals surface area contributed by atoms with Gasteiger partial charge >= 0.3 is 5.97 Å². The van der Waals surface area contributed by atoms with E-state index in [9.17, 15) is 4.79 Å². The molecule has 0 saturated carbocycles. The third kappa shape index (κ3) is 4.04. The Bertz CT molecular complexity index is 771. The Morgan fingerprint density at radius 1 is 1.07 bits per heavy atom. The first-order valence-corrected chi connectivity index (χ1v) is 10.4. The van der Waals surface area contributed by atoms with Crippen LogP contribution < -0.4 is 0 Å². The van der Waals surface area contributed by atoms with Gasteiger partial charge in [-0.1, -0.05) is 18.2 Å². The van der Waals surface area contributed by atoms with Crippen molar-refractivity contribution in [3.63, 3.8) is 0 Å². The predicted octanol–water partition coefficient (Wildman–Crippen LogP) is 3.38. The van der Waals surface area contributed by atoms with Gasteiger partial charge in [0.2, 0.25) is 0 Å². The molecule has 2 fully saturated rings. The van der Waals surface area contributed by atoms with Gasteiger partial charge in [0, 0.05) is 29.7 Å². The molecule has 1 aromatic heterocycles. The maximum absolute atomic E-state index is 12.1. The van der Waals surface area contributed by atoms with Crippen LogP contribution >= 0.6 is 0 Å². The van der Waals surface area contributed by atoms with Crippen molar-refractivity contribution in [3.8, 4) is 0 Å². The lowest BCUT2D eigenvalue weighted by atomic mass is 10.0. The van der Waals surface area contributed by atoms with Crippen molar-refractivity contribution in [2.45, 2.75) is 44.7 Å². The van der Waals surface area contributed by atoms with E-state index in [4.69, 9.17) is 4.74 Å². The Morgan fingerprint density at radius 3 is 2.56 bits per heavy atom. The van der Waals surface area contributed by atoms with Gasteiger partial charge in [0.15, 0.2) is 0 Å². The van der Waals surface area contributed by atoms with E-state index in [2.05, 4.69) is 20.4 Å². The fourth-order valence-corrected chi connectivity index (χ4v) is 4.78. The minimum Gasteiger partial charge on any atom is -0.465 e. The molecule has 0 N–H and O–H groups in total. The molecule has 5 nitrogen and oxygen atoms in total. The number of piperidine rings is 1. The minimum atomic E-state index is -0.256. The second-order valence-corrected chi connectivity index (χ2v) is 7.91. The second kappa shape index (κ2) is 8.44. The number of aromatic nitrogens is 1. The number of fused-ring (bicyclic) bond motifs is 1. The van der Waals surface area contributed by atoms with Crippen LogP contribution in [0.25, 0.3) is 10.9 Å². The normalized spacial score (nSPS) is 19.7. The van der Waals surface area contributed by atoms with Gasteiger partial charge in [-0.15, -0.1) is 0 Å². The van der Waals surface area contributed by atoms with E-state index in [1.807, 2.05) is 24.4 Å². The number of hydrogen-bond donors (Lipinski definition) is 0. The zero-order valence-corrected chi connectivity index (χ0v) is 16.4. The van der Waals surface area contributed by atoms with Crippen LogP contribution in [0.1, 0.15) is 42.5 Å². The molecule has 146 valence electrons. The van der Waals surface area contributed by atoms with Crippen molar-refractivity contribution in [2.24, 2.45) is 0 Å². The summed E-state index contributed by atoms with van der Waals surface area (Å²) in [6.07, 6.45) is 8.47. The Balaban J connectivity index is 1.31. The van der Waals surface area contributed by atoms with Crippen LogP contribution in [-0.4, -0.2) is 66.2 Å². The molecular weight excluding hydrogens is 338 g/mol. The van der Waals surface area contributed by atoms with E-state index < -0.39 is 0 Å². The topological polar surface area (TPSA) is 37.7 Å². The number of rotatable bonds is 6. The highest BCUT2D eigenvalue weighted by atomic mass is 16.5. The van der Waals surface area contributed by atoms with Gasteiger partial charge < -0.3 is 19.1 Å². The van der Waals surface area contributed by atoms with Crippen molar-refractivity contribution >= 4 is 16.9 Å².